The fourth-order valence-corrected chi connectivity index (χ4v) is 2.76. The number of rotatable bonds is 4. The fourth-order valence-electron chi connectivity index (χ4n) is 2.76. The molecule has 107 valence electrons. The molecule has 3 heteroatoms. The van der Waals surface area contributed by atoms with Crippen LogP contribution in [0.15, 0.2) is 42.5 Å². The van der Waals surface area contributed by atoms with Crippen LogP contribution in [0.2, 0.25) is 0 Å². The van der Waals surface area contributed by atoms with Crippen LogP contribution in [0.3, 0.4) is 0 Å². The predicted molar refractivity (Wildman–Crippen MR) is 81.6 cm³/mol. The van der Waals surface area contributed by atoms with Gasteiger partial charge in [0.1, 0.15) is 0 Å². The molecule has 21 heavy (non-hydrogen) atoms. The third-order valence-electron chi connectivity index (χ3n) is 3.91. The molecular weight excluding hydrogens is 335 g/mol. The van der Waals surface area contributed by atoms with E-state index in [1.54, 1.807) is 0 Å². The summed E-state index contributed by atoms with van der Waals surface area (Å²) in [4.78, 5) is 12.0. The Morgan fingerprint density at radius 2 is 1.71 bits per heavy atom. The molecule has 0 saturated heterocycles. The molecule has 0 N–H and O–H groups in total. The van der Waals surface area contributed by atoms with Crippen LogP contribution in [-0.4, -0.2) is 5.78 Å². The van der Waals surface area contributed by atoms with E-state index in [9.17, 15) is 4.79 Å². The number of carbonyl (C=O) groups excluding carboxylic acids is 1. The van der Waals surface area contributed by atoms with Crippen LogP contribution in [0.25, 0.3) is 11.1 Å². The van der Waals surface area contributed by atoms with Crippen LogP contribution in [0.4, 0.5) is 0 Å². The number of hydrogen-bond acceptors (Lipinski definition) is 1. The molecule has 2 rings (SSSR count). The first-order valence-electron chi connectivity index (χ1n) is 7.16. The van der Waals surface area contributed by atoms with Crippen LogP contribution in [0.5, 0.6) is 0 Å². The number of Topliss-reactive ketones (excluding diaryl/α,β-unsaturated/α-hetero) is 1. The maximum atomic E-state index is 12.0. The minimum Gasteiger partial charge on any atom is -0.292 e. The average Bonchev–Trinajstić information content (AvgIpc) is 2.47. The second-order valence-electron chi connectivity index (χ2n) is 5.21. The summed E-state index contributed by atoms with van der Waals surface area (Å²) in [6.07, 6.45) is 0.572. The van der Waals surface area contributed by atoms with E-state index in [4.69, 9.17) is 0 Å². The van der Waals surface area contributed by atoms with Crippen LogP contribution < -0.4 is 4.57 Å². The van der Waals surface area contributed by atoms with Crippen LogP contribution in [-0.2, 0) is 37.5 Å². The second-order valence-corrected chi connectivity index (χ2v) is 5.21. The fraction of sp³-hybridized carbons (Fsp3) is 0.333. The summed E-state index contributed by atoms with van der Waals surface area (Å²) in [5.74, 6) is 0.270. The quantitative estimate of drug-likeness (QED) is 0.763. The zero-order valence-corrected chi connectivity index (χ0v) is 16.1. The molecule has 0 bridgehead atoms. The third kappa shape index (κ3) is 3.87. The smallest absolute Gasteiger partial charge is 0.213 e. The van der Waals surface area contributed by atoms with Gasteiger partial charge in [-0.25, -0.2) is 0 Å². The molecule has 1 aromatic heterocycles. The summed E-state index contributed by atoms with van der Waals surface area (Å²) in [5.41, 5.74) is 4.64. The number of carbonyl (C=O) groups is 1. The topological polar surface area (TPSA) is 20.9 Å². The molecule has 1 radical (unpaired) electrons. The van der Waals surface area contributed by atoms with Crippen molar-refractivity contribution in [1.82, 2.24) is 0 Å². The standard InChI is InChI=1S/C18H22NO.Y/c1-5-18(20)15(4)19-13(2)11-12-17(14(19)3)16-9-7-6-8-10-16;/h6-12,15H,5H2,1-4H3;/q+1;. The molecule has 1 heterocycles. The van der Waals surface area contributed by atoms with E-state index in [1.807, 2.05) is 32.0 Å². The molecule has 2 nitrogen and oxygen atoms in total. The van der Waals surface area contributed by atoms with E-state index < -0.39 is 0 Å². The molecular formula is C18H22NOY+. The largest absolute Gasteiger partial charge is 0.292 e. The number of aryl methyl sites for hydroxylation is 1. The Morgan fingerprint density at radius 3 is 2.29 bits per heavy atom. The Morgan fingerprint density at radius 1 is 1.10 bits per heavy atom. The number of hydrogen-bond donors (Lipinski definition) is 0. The summed E-state index contributed by atoms with van der Waals surface area (Å²) >= 11 is 0. The molecule has 0 saturated carbocycles. The van der Waals surface area contributed by atoms with E-state index >= 15 is 0 Å². The minimum atomic E-state index is -0.108. The zero-order chi connectivity index (χ0) is 14.7. The van der Waals surface area contributed by atoms with Gasteiger partial charge in [0.25, 0.3) is 0 Å². The molecule has 0 aliphatic rings. The maximum absolute atomic E-state index is 12.0. The first kappa shape index (κ1) is 18.2. The molecule has 0 aliphatic carbocycles. The Hall–Kier alpha value is -0.856. The summed E-state index contributed by atoms with van der Waals surface area (Å²) in [7, 11) is 0. The Labute approximate surface area is 152 Å². The van der Waals surface area contributed by atoms with Crippen LogP contribution in [0, 0.1) is 13.8 Å². The van der Waals surface area contributed by atoms with Gasteiger partial charge in [0.05, 0.1) is 0 Å². The van der Waals surface area contributed by atoms with Gasteiger partial charge in [0, 0.05) is 71.5 Å². The average molecular weight is 357 g/mol. The van der Waals surface area contributed by atoms with Gasteiger partial charge in [0.2, 0.25) is 6.04 Å². The van der Waals surface area contributed by atoms with E-state index in [0.29, 0.717) is 6.42 Å². The van der Waals surface area contributed by atoms with Crippen molar-refractivity contribution in [3.05, 3.63) is 53.9 Å². The van der Waals surface area contributed by atoms with Crippen molar-refractivity contribution < 1.29 is 42.1 Å². The number of benzene rings is 1. The van der Waals surface area contributed by atoms with E-state index in [0.717, 1.165) is 11.4 Å². The monoisotopic (exact) mass is 357 g/mol. The molecule has 0 aliphatic heterocycles. The molecule has 0 fully saturated rings. The van der Waals surface area contributed by atoms with E-state index in [2.05, 4.69) is 42.7 Å². The molecule has 1 aromatic carbocycles. The van der Waals surface area contributed by atoms with Gasteiger partial charge in [-0.15, -0.1) is 0 Å². The van der Waals surface area contributed by atoms with Gasteiger partial charge in [-0.05, 0) is 11.6 Å². The van der Waals surface area contributed by atoms with Gasteiger partial charge < -0.3 is 0 Å². The van der Waals surface area contributed by atoms with Crippen molar-refractivity contribution in [2.75, 3.05) is 0 Å². The van der Waals surface area contributed by atoms with Crippen molar-refractivity contribution in [2.45, 2.75) is 40.2 Å². The van der Waals surface area contributed by atoms with E-state index in [1.165, 1.54) is 11.1 Å². The number of pyridine rings is 1. The molecule has 1 atom stereocenters. The molecule has 0 spiro atoms. The summed E-state index contributed by atoms with van der Waals surface area (Å²) in [5, 5.41) is 0. The van der Waals surface area contributed by atoms with Crippen molar-refractivity contribution in [3.8, 4) is 11.1 Å². The zero-order valence-electron chi connectivity index (χ0n) is 13.3. The van der Waals surface area contributed by atoms with Gasteiger partial charge in [-0.1, -0.05) is 37.3 Å². The summed E-state index contributed by atoms with van der Waals surface area (Å²) in [6, 6.07) is 14.4. The first-order valence-corrected chi connectivity index (χ1v) is 7.16. The third-order valence-corrected chi connectivity index (χ3v) is 3.91. The Balaban J connectivity index is 0.00000220. The van der Waals surface area contributed by atoms with Crippen molar-refractivity contribution in [1.29, 1.82) is 0 Å². The van der Waals surface area contributed by atoms with Crippen LogP contribution >= 0.6 is 0 Å². The normalized spacial score (nSPS) is 11.6. The maximum Gasteiger partial charge on any atom is 0.213 e. The number of ketones is 1. The SMILES string of the molecule is CCC(=O)C(C)[n+]1c(C)ccc(-c2ccccc2)c1C.[Y]. The van der Waals surface area contributed by atoms with E-state index in [-0.39, 0.29) is 44.5 Å². The first-order chi connectivity index (χ1) is 9.56. The predicted octanol–water partition coefficient (Wildman–Crippen LogP) is 3.80. The van der Waals surface area contributed by atoms with Gasteiger partial charge in [-0.3, -0.25) is 4.79 Å². The second kappa shape index (κ2) is 7.96. The Kier molecular flexibility index (Phi) is 6.89. The van der Waals surface area contributed by atoms with Crippen molar-refractivity contribution in [2.24, 2.45) is 0 Å². The molecule has 1 unspecified atom stereocenters. The Bertz CT molecular complexity index is 623. The van der Waals surface area contributed by atoms with Crippen molar-refractivity contribution >= 4 is 5.78 Å². The number of aromatic nitrogens is 1. The van der Waals surface area contributed by atoms with Gasteiger partial charge >= 0.3 is 0 Å². The minimum absolute atomic E-state index is 0. The summed E-state index contributed by atoms with van der Waals surface area (Å²) in [6.45, 7) is 8.06. The summed E-state index contributed by atoms with van der Waals surface area (Å²) < 4.78 is 2.15. The number of nitrogens with zero attached hydrogens (tertiary/aromatic N) is 1. The van der Waals surface area contributed by atoms with Crippen molar-refractivity contribution in [3.63, 3.8) is 0 Å². The van der Waals surface area contributed by atoms with Gasteiger partial charge in [-0.2, -0.15) is 4.57 Å². The van der Waals surface area contributed by atoms with Crippen LogP contribution in [0.1, 0.15) is 37.7 Å². The molecule has 0 amide bonds. The molecule has 2 aromatic rings. The van der Waals surface area contributed by atoms with Gasteiger partial charge in [0.15, 0.2) is 17.2 Å².